The number of sulfonamides is 1. The molecule has 6 nitrogen and oxygen atoms in total. The van der Waals surface area contributed by atoms with Crippen LogP contribution in [-0.2, 0) is 16.6 Å². The lowest BCUT2D eigenvalue weighted by atomic mass is 10.1. The third kappa shape index (κ3) is 3.78. The molecule has 108 valence electrons. The smallest absolute Gasteiger partial charge is 0.242 e. The lowest BCUT2D eigenvalue weighted by molar-refractivity contribution is 0.581. The first kappa shape index (κ1) is 15.0. The molecule has 0 unspecified atom stereocenters. The molecular weight excluding hydrogens is 288 g/mol. The number of anilines is 1. The Morgan fingerprint density at radius 1 is 1.29 bits per heavy atom. The van der Waals surface area contributed by atoms with Crippen LogP contribution in [0.25, 0.3) is 0 Å². The Hall–Kier alpha value is -2.43. The van der Waals surface area contributed by atoms with Crippen LogP contribution in [0.2, 0.25) is 0 Å². The van der Waals surface area contributed by atoms with Gasteiger partial charge in [-0.15, -0.1) is 0 Å². The Bertz CT molecular complexity index is 764. The van der Waals surface area contributed by atoms with Gasteiger partial charge in [-0.05, 0) is 29.8 Å². The molecule has 2 rings (SSSR count). The van der Waals surface area contributed by atoms with Gasteiger partial charge in [-0.3, -0.25) is 0 Å². The van der Waals surface area contributed by atoms with E-state index < -0.39 is 10.0 Å². The molecule has 0 amide bonds. The van der Waals surface area contributed by atoms with E-state index in [-0.39, 0.29) is 11.4 Å². The fourth-order valence-electron chi connectivity index (χ4n) is 1.70. The van der Waals surface area contributed by atoms with Crippen molar-refractivity contribution in [3.05, 3.63) is 53.7 Å². The molecule has 2 aromatic rings. The van der Waals surface area contributed by atoms with Gasteiger partial charge in [0, 0.05) is 19.8 Å². The average Bonchev–Trinajstić information content (AvgIpc) is 2.53. The van der Waals surface area contributed by atoms with Gasteiger partial charge < -0.3 is 5.32 Å². The van der Waals surface area contributed by atoms with Gasteiger partial charge in [0.2, 0.25) is 10.0 Å². The van der Waals surface area contributed by atoms with Gasteiger partial charge in [-0.1, -0.05) is 12.1 Å². The molecule has 0 fully saturated rings. The number of nitriles is 1. The second-order valence-electron chi connectivity index (χ2n) is 4.27. The molecule has 0 bridgehead atoms. The summed E-state index contributed by atoms with van der Waals surface area (Å²) in [6.07, 6.45) is 1.29. The van der Waals surface area contributed by atoms with Gasteiger partial charge in [0.05, 0.1) is 11.6 Å². The highest BCUT2D eigenvalue weighted by Gasteiger charge is 2.14. The van der Waals surface area contributed by atoms with Gasteiger partial charge in [0.1, 0.15) is 10.7 Å². The predicted molar refractivity (Wildman–Crippen MR) is 79.0 cm³/mol. The average molecular weight is 302 g/mol. The molecule has 0 spiro atoms. The van der Waals surface area contributed by atoms with Crippen molar-refractivity contribution >= 4 is 15.8 Å². The maximum absolute atomic E-state index is 12.1. The second kappa shape index (κ2) is 6.35. The molecule has 0 atom stereocenters. The molecular formula is C14H14N4O2S. The quantitative estimate of drug-likeness (QED) is 0.872. The summed E-state index contributed by atoms with van der Waals surface area (Å²) in [4.78, 5) is 4.07. The maximum atomic E-state index is 12.1. The van der Waals surface area contributed by atoms with Crippen LogP contribution < -0.4 is 10.0 Å². The SMILES string of the molecule is CNc1ccc(S(=O)(=O)NCc2cccc(C#N)c2)cn1. The topological polar surface area (TPSA) is 94.9 Å². The highest BCUT2D eigenvalue weighted by Crippen LogP contribution is 2.11. The van der Waals surface area contributed by atoms with Gasteiger partial charge in [-0.25, -0.2) is 18.1 Å². The number of benzene rings is 1. The minimum atomic E-state index is -3.63. The van der Waals surface area contributed by atoms with Crippen molar-refractivity contribution in [1.82, 2.24) is 9.71 Å². The van der Waals surface area contributed by atoms with Crippen LogP contribution in [0.4, 0.5) is 5.82 Å². The summed E-state index contributed by atoms with van der Waals surface area (Å²) in [6, 6.07) is 11.9. The Morgan fingerprint density at radius 3 is 2.71 bits per heavy atom. The molecule has 1 aromatic heterocycles. The molecule has 1 heterocycles. The van der Waals surface area contributed by atoms with Crippen molar-refractivity contribution in [3.8, 4) is 6.07 Å². The number of rotatable bonds is 5. The molecule has 2 N–H and O–H groups in total. The Kier molecular flexibility index (Phi) is 4.52. The normalized spacial score (nSPS) is 10.9. The van der Waals surface area contributed by atoms with E-state index >= 15 is 0 Å². The molecule has 21 heavy (non-hydrogen) atoms. The van der Waals surface area contributed by atoms with E-state index in [0.29, 0.717) is 11.4 Å². The first-order chi connectivity index (χ1) is 10.0. The van der Waals surface area contributed by atoms with Crippen LogP contribution >= 0.6 is 0 Å². The highest BCUT2D eigenvalue weighted by molar-refractivity contribution is 7.89. The number of nitrogens with zero attached hydrogens (tertiary/aromatic N) is 2. The van der Waals surface area contributed by atoms with E-state index in [0.717, 1.165) is 5.56 Å². The summed E-state index contributed by atoms with van der Waals surface area (Å²) in [6.45, 7) is 0.117. The van der Waals surface area contributed by atoms with E-state index in [1.54, 1.807) is 37.4 Å². The number of pyridine rings is 1. The van der Waals surface area contributed by atoms with Gasteiger partial charge in [0.25, 0.3) is 0 Å². The third-order valence-electron chi connectivity index (χ3n) is 2.83. The number of hydrogen-bond donors (Lipinski definition) is 2. The summed E-state index contributed by atoms with van der Waals surface area (Å²) in [5.41, 5.74) is 1.21. The van der Waals surface area contributed by atoms with Crippen molar-refractivity contribution in [2.24, 2.45) is 0 Å². The van der Waals surface area contributed by atoms with Gasteiger partial charge in [0.15, 0.2) is 0 Å². The summed E-state index contributed by atoms with van der Waals surface area (Å²) >= 11 is 0. The predicted octanol–water partition coefficient (Wildman–Crippen LogP) is 1.47. The number of hydrogen-bond acceptors (Lipinski definition) is 5. The molecule has 1 aromatic carbocycles. The van der Waals surface area contributed by atoms with Gasteiger partial charge >= 0.3 is 0 Å². The summed E-state index contributed by atoms with van der Waals surface area (Å²) in [5.74, 6) is 0.593. The zero-order valence-electron chi connectivity index (χ0n) is 11.4. The molecule has 0 aliphatic heterocycles. The van der Waals surface area contributed by atoms with Crippen LogP contribution in [0, 0.1) is 11.3 Å². The van der Waals surface area contributed by atoms with Crippen molar-refractivity contribution in [2.75, 3.05) is 12.4 Å². The van der Waals surface area contributed by atoms with E-state index in [2.05, 4.69) is 15.0 Å². The minimum Gasteiger partial charge on any atom is -0.373 e. The van der Waals surface area contributed by atoms with E-state index in [9.17, 15) is 8.42 Å². The molecule has 0 aliphatic rings. The van der Waals surface area contributed by atoms with E-state index in [1.807, 2.05) is 6.07 Å². The maximum Gasteiger partial charge on any atom is 0.242 e. The zero-order valence-corrected chi connectivity index (χ0v) is 12.2. The summed E-state index contributed by atoms with van der Waals surface area (Å²) in [7, 11) is -1.92. The van der Waals surface area contributed by atoms with E-state index in [1.165, 1.54) is 12.3 Å². The van der Waals surface area contributed by atoms with Crippen LogP contribution in [0.15, 0.2) is 47.5 Å². The van der Waals surface area contributed by atoms with E-state index in [4.69, 9.17) is 5.26 Å². The van der Waals surface area contributed by atoms with Crippen LogP contribution in [0.3, 0.4) is 0 Å². The number of nitrogens with one attached hydrogen (secondary N) is 2. The first-order valence-corrected chi connectivity index (χ1v) is 7.66. The Balaban J connectivity index is 2.11. The Labute approximate surface area is 123 Å². The standard InChI is InChI=1S/C14H14N4O2S/c1-16-14-6-5-13(10-17-14)21(19,20)18-9-12-4-2-3-11(7-12)8-15/h2-7,10,18H,9H2,1H3,(H,16,17). The van der Waals surface area contributed by atoms with Crippen molar-refractivity contribution in [1.29, 1.82) is 5.26 Å². The molecule has 0 aliphatic carbocycles. The van der Waals surface area contributed by atoms with Crippen molar-refractivity contribution in [2.45, 2.75) is 11.4 Å². The summed E-state index contributed by atoms with van der Waals surface area (Å²) < 4.78 is 26.7. The minimum absolute atomic E-state index is 0.0953. The fourth-order valence-corrected chi connectivity index (χ4v) is 2.66. The molecule has 0 saturated heterocycles. The van der Waals surface area contributed by atoms with Gasteiger partial charge in [-0.2, -0.15) is 5.26 Å². The van der Waals surface area contributed by atoms with Crippen molar-refractivity contribution < 1.29 is 8.42 Å². The van der Waals surface area contributed by atoms with Crippen LogP contribution in [-0.4, -0.2) is 20.4 Å². The fraction of sp³-hybridized carbons (Fsp3) is 0.143. The van der Waals surface area contributed by atoms with Crippen molar-refractivity contribution in [3.63, 3.8) is 0 Å². The van der Waals surface area contributed by atoms with Crippen LogP contribution in [0.5, 0.6) is 0 Å². The number of aromatic nitrogens is 1. The second-order valence-corrected chi connectivity index (χ2v) is 6.03. The third-order valence-corrected chi connectivity index (χ3v) is 4.21. The Morgan fingerprint density at radius 2 is 2.10 bits per heavy atom. The largest absolute Gasteiger partial charge is 0.373 e. The lowest BCUT2D eigenvalue weighted by Gasteiger charge is -2.07. The molecule has 0 saturated carbocycles. The molecule has 0 radical (unpaired) electrons. The highest BCUT2D eigenvalue weighted by atomic mass is 32.2. The van der Waals surface area contributed by atoms with Crippen LogP contribution in [0.1, 0.15) is 11.1 Å². The monoisotopic (exact) mass is 302 g/mol. The molecule has 7 heteroatoms. The summed E-state index contributed by atoms with van der Waals surface area (Å²) in [5, 5.41) is 11.6. The lowest BCUT2D eigenvalue weighted by Crippen LogP contribution is -2.23. The first-order valence-electron chi connectivity index (χ1n) is 6.17. The zero-order chi connectivity index (χ0) is 15.3.